The number of amides is 1. The summed E-state index contributed by atoms with van der Waals surface area (Å²) in [5.74, 6) is -1.31. The van der Waals surface area contributed by atoms with Crippen LogP contribution in [0.2, 0.25) is 0 Å². The van der Waals surface area contributed by atoms with Crippen molar-refractivity contribution in [1.29, 1.82) is 0 Å². The van der Waals surface area contributed by atoms with E-state index in [0.29, 0.717) is 11.7 Å². The van der Waals surface area contributed by atoms with Gasteiger partial charge in [0.1, 0.15) is 18.0 Å². The zero-order chi connectivity index (χ0) is 23.5. The summed E-state index contributed by atoms with van der Waals surface area (Å²) in [6.07, 6.45) is 0. The number of sulfone groups is 1. The van der Waals surface area contributed by atoms with Gasteiger partial charge in [-0.3, -0.25) is 9.59 Å². The minimum Gasteiger partial charge on any atom is -0.497 e. The number of nitrogens with zero attached hydrogens (tertiary/aromatic N) is 2. The van der Waals surface area contributed by atoms with Crippen LogP contribution in [0.15, 0.2) is 52.4 Å². The number of hydrogen-bond acceptors (Lipinski definition) is 7. The number of thiazole rings is 1. The van der Waals surface area contributed by atoms with Crippen LogP contribution in [0.3, 0.4) is 0 Å². The van der Waals surface area contributed by atoms with Crippen molar-refractivity contribution in [3.63, 3.8) is 0 Å². The Hall–Kier alpha value is -2.98. The number of benzene rings is 2. The Morgan fingerprint density at radius 2 is 1.78 bits per heavy atom. The molecule has 0 saturated carbocycles. The van der Waals surface area contributed by atoms with Crippen molar-refractivity contribution >= 4 is 43.3 Å². The standard InChI is InChI=1S/C22H24N2O6S2/c1-14(2)15-5-10-18-19(11-15)31-22(24(18)12-21(26)30-4)23-20(25)13-32(27,28)17-8-6-16(29-3)7-9-17/h5-11,14H,12-13H2,1-4H3. The Morgan fingerprint density at radius 3 is 2.38 bits per heavy atom. The molecule has 0 N–H and O–H groups in total. The molecule has 0 atom stereocenters. The number of fused-ring (bicyclic) bond motifs is 1. The predicted molar refractivity (Wildman–Crippen MR) is 122 cm³/mol. The first-order valence-electron chi connectivity index (χ1n) is 9.79. The molecule has 0 saturated heterocycles. The van der Waals surface area contributed by atoms with Crippen LogP contribution in [-0.2, 0) is 30.7 Å². The predicted octanol–water partition coefficient (Wildman–Crippen LogP) is 2.91. The van der Waals surface area contributed by atoms with Crippen LogP contribution in [-0.4, -0.2) is 44.8 Å². The summed E-state index contributed by atoms with van der Waals surface area (Å²) >= 11 is 1.22. The van der Waals surface area contributed by atoms with Crippen LogP contribution in [0.5, 0.6) is 5.75 Å². The second kappa shape index (κ2) is 9.66. The van der Waals surface area contributed by atoms with Gasteiger partial charge in [-0.15, -0.1) is 0 Å². The normalized spacial score (nSPS) is 12.3. The topological polar surface area (TPSA) is 104 Å². The average Bonchev–Trinajstić information content (AvgIpc) is 3.08. The van der Waals surface area contributed by atoms with E-state index in [1.54, 1.807) is 4.57 Å². The molecular weight excluding hydrogens is 452 g/mol. The highest BCUT2D eigenvalue weighted by atomic mass is 32.2. The monoisotopic (exact) mass is 476 g/mol. The number of esters is 1. The van der Waals surface area contributed by atoms with Crippen LogP contribution < -0.4 is 9.54 Å². The van der Waals surface area contributed by atoms with Crippen molar-refractivity contribution in [3.05, 3.63) is 52.8 Å². The number of carbonyl (C=O) groups excluding carboxylic acids is 2. The Kier molecular flexibility index (Phi) is 7.15. The molecule has 0 fully saturated rings. The summed E-state index contributed by atoms with van der Waals surface area (Å²) < 4.78 is 37.5. The van der Waals surface area contributed by atoms with Crippen molar-refractivity contribution in [3.8, 4) is 5.75 Å². The zero-order valence-electron chi connectivity index (χ0n) is 18.2. The van der Waals surface area contributed by atoms with Gasteiger partial charge >= 0.3 is 5.97 Å². The second-order valence-corrected chi connectivity index (χ2v) is 10.4. The third-order valence-corrected chi connectivity index (χ3v) is 7.50. The van der Waals surface area contributed by atoms with Gasteiger partial charge in [-0.2, -0.15) is 4.99 Å². The van der Waals surface area contributed by atoms with Crippen LogP contribution in [0.1, 0.15) is 25.3 Å². The van der Waals surface area contributed by atoms with Crippen LogP contribution in [0, 0.1) is 0 Å². The van der Waals surface area contributed by atoms with Crippen molar-refractivity contribution in [2.75, 3.05) is 20.0 Å². The largest absolute Gasteiger partial charge is 0.497 e. The van der Waals surface area contributed by atoms with Gasteiger partial charge in [-0.05, 0) is 47.9 Å². The Morgan fingerprint density at radius 1 is 1.09 bits per heavy atom. The van der Waals surface area contributed by atoms with Crippen molar-refractivity contribution in [1.82, 2.24) is 4.57 Å². The van der Waals surface area contributed by atoms with E-state index in [4.69, 9.17) is 9.47 Å². The van der Waals surface area contributed by atoms with Gasteiger partial charge in [0.15, 0.2) is 14.6 Å². The first-order chi connectivity index (χ1) is 15.1. The molecule has 3 aromatic rings. The first-order valence-corrected chi connectivity index (χ1v) is 12.3. The fourth-order valence-corrected chi connectivity index (χ4v) is 5.25. The summed E-state index contributed by atoms with van der Waals surface area (Å²) in [4.78, 5) is 28.8. The van der Waals surface area contributed by atoms with E-state index in [-0.39, 0.29) is 16.2 Å². The van der Waals surface area contributed by atoms with E-state index in [1.165, 1.54) is 49.8 Å². The summed E-state index contributed by atoms with van der Waals surface area (Å²) in [5, 5.41) is 0. The molecule has 1 amide bonds. The highest BCUT2D eigenvalue weighted by molar-refractivity contribution is 7.92. The van der Waals surface area contributed by atoms with Crippen molar-refractivity contribution < 1.29 is 27.5 Å². The summed E-state index contributed by atoms with van der Waals surface area (Å²) in [7, 11) is -1.14. The minimum atomic E-state index is -3.89. The maximum Gasteiger partial charge on any atom is 0.325 e. The van der Waals surface area contributed by atoms with Crippen molar-refractivity contribution in [2.24, 2.45) is 4.99 Å². The first kappa shape index (κ1) is 23.7. The quantitative estimate of drug-likeness (QED) is 0.486. The maximum atomic E-state index is 12.6. The molecule has 0 aliphatic carbocycles. The lowest BCUT2D eigenvalue weighted by molar-refractivity contribution is -0.141. The van der Waals surface area contributed by atoms with Crippen LogP contribution >= 0.6 is 11.3 Å². The van der Waals surface area contributed by atoms with E-state index in [0.717, 1.165) is 15.8 Å². The van der Waals surface area contributed by atoms with E-state index < -0.39 is 27.5 Å². The van der Waals surface area contributed by atoms with Crippen LogP contribution in [0.4, 0.5) is 0 Å². The highest BCUT2D eigenvalue weighted by Crippen LogP contribution is 2.24. The average molecular weight is 477 g/mol. The molecule has 0 aliphatic rings. The molecule has 0 bridgehead atoms. The van der Waals surface area contributed by atoms with E-state index in [1.807, 2.05) is 18.2 Å². The maximum absolute atomic E-state index is 12.6. The molecule has 1 aromatic heterocycles. The lowest BCUT2D eigenvalue weighted by atomic mass is 10.0. The molecule has 0 aliphatic heterocycles. The molecule has 2 aromatic carbocycles. The van der Waals surface area contributed by atoms with Crippen molar-refractivity contribution in [2.45, 2.75) is 31.2 Å². The lowest BCUT2D eigenvalue weighted by Gasteiger charge is -2.07. The molecule has 0 spiro atoms. The number of methoxy groups -OCH3 is 2. The molecule has 170 valence electrons. The van der Waals surface area contributed by atoms with Gasteiger partial charge in [0, 0.05) is 0 Å². The molecule has 10 heteroatoms. The van der Waals surface area contributed by atoms with Gasteiger partial charge in [0.25, 0.3) is 5.91 Å². The van der Waals surface area contributed by atoms with Crippen LogP contribution in [0.25, 0.3) is 10.2 Å². The molecule has 0 radical (unpaired) electrons. The van der Waals surface area contributed by atoms with E-state index >= 15 is 0 Å². The van der Waals surface area contributed by atoms with Gasteiger partial charge in [-0.25, -0.2) is 8.42 Å². The molecule has 0 unspecified atom stereocenters. The molecule has 32 heavy (non-hydrogen) atoms. The molecule has 1 heterocycles. The number of ether oxygens (including phenoxy) is 2. The third-order valence-electron chi connectivity index (χ3n) is 4.84. The van der Waals surface area contributed by atoms with E-state index in [2.05, 4.69) is 18.8 Å². The van der Waals surface area contributed by atoms with E-state index in [9.17, 15) is 18.0 Å². The highest BCUT2D eigenvalue weighted by Gasteiger charge is 2.20. The fraction of sp³-hybridized carbons (Fsp3) is 0.318. The fourth-order valence-electron chi connectivity index (χ4n) is 3.05. The number of aromatic nitrogens is 1. The SMILES string of the molecule is COC(=O)Cn1c(=NC(=O)CS(=O)(=O)c2ccc(OC)cc2)sc2cc(C(C)C)ccc21. The van der Waals surface area contributed by atoms with Gasteiger partial charge in [0.2, 0.25) is 0 Å². The Balaban J connectivity index is 2.00. The summed E-state index contributed by atoms with van der Waals surface area (Å²) in [6, 6.07) is 11.6. The van der Waals surface area contributed by atoms with Gasteiger partial charge in [-0.1, -0.05) is 31.3 Å². The Bertz CT molecular complexity index is 1320. The van der Waals surface area contributed by atoms with Gasteiger partial charge in [0.05, 0.1) is 29.3 Å². The van der Waals surface area contributed by atoms with Gasteiger partial charge < -0.3 is 14.0 Å². The Labute approximate surface area is 190 Å². The summed E-state index contributed by atoms with van der Waals surface area (Å²) in [6.45, 7) is 3.99. The number of carbonyl (C=O) groups is 2. The number of hydrogen-bond donors (Lipinski definition) is 0. The molecule has 3 rings (SSSR count). The number of rotatable bonds is 7. The zero-order valence-corrected chi connectivity index (χ0v) is 19.8. The molecule has 8 nitrogen and oxygen atoms in total. The molecular formula is C22H24N2O6S2. The smallest absolute Gasteiger partial charge is 0.325 e. The minimum absolute atomic E-state index is 0.00204. The third kappa shape index (κ3) is 5.25. The second-order valence-electron chi connectivity index (χ2n) is 7.37. The lowest BCUT2D eigenvalue weighted by Crippen LogP contribution is -2.24. The summed E-state index contributed by atoms with van der Waals surface area (Å²) in [5.41, 5.74) is 1.82.